The van der Waals surface area contributed by atoms with Gasteiger partial charge in [-0.3, -0.25) is 4.79 Å². The first-order chi connectivity index (χ1) is 11.5. The van der Waals surface area contributed by atoms with Gasteiger partial charge >= 0.3 is 0 Å². The lowest BCUT2D eigenvalue weighted by molar-refractivity contribution is -0.122. The molecule has 1 aliphatic heterocycles. The number of aryl methyl sites for hydroxylation is 1. The summed E-state index contributed by atoms with van der Waals surface area (Å²) in [5.41, 5.74) is 2.68. The number of aliphatic hydroxyl groups excluding tert-OH is 2. The predicted molar refractivity (Wildman–Crippen MR) is 86.0 cm³/mol. The van der Waals surface area contributed by atoms with Gasteiger partial charge in [-0.05, 0) is 20.3 Å². The van der Waals surface area contributed by atoms with Gasteiger partial charge in [0.15, 0.2) is 5.65 Å². The second-order valence-corrected chi connectivity index (χ2v) is 5.50. The van der Waals surface area contributed by atoms with Crippen molar-refractivity contribution in [3.8, 4) is 0 Å². The molecule has 0 amide bonds. The van der Waals surface area contributed by atoms with Crippen LogP contribution < -0.4 is 5.32 Å². The molecule has 1 fully saturated rings. The van der Waals surface area contributed by atoms with Crippen LogP contribution >= 0.6 is 0 Å². The van der Waals surface area contributed by atoms with Crippen LogP contribution in [0.3, 0.4) is 0 Å². The number of anilines is 1. The SMILES string of the molecule is Cc1nc2ccnn2c(N[C@H]2CCO[C@H](CO)[C@H]2O)c1C.O=CO. The lowest BCUT2D eigenvalue weighted by Gasteiger charge is -2.35. The van der Waals surface area contributed by atoms with Crippen LogP contribution in [0.4, 0.5) is 5.82 Å². The Labute approximate surface area is 138 Å². The van der Waals surface area contributed by atoms with E-state index in [1.54, 1.807) is 10.7 Å². The molecule has 0 spiro atoms. The second kappa shape index (κ2) is 8.04. The Kier molecular flexibility index (Phi) is 6.07. The van der Waals surface area contributed by atoms with Crippen LogP contribution in [0.15, 0.2) is 12.3 Å². The third kappa shape index (κ3) is 3.64. The minimum Gasteiger partial charge on any atom is -0.483 e. The second-order valence-electron chi connectivity index (χ2n) is 5.50. The zero-order valence-corrected chi connectivity index (χ0v) is 13.6. The van der Waals surface area contributed by atoms with Crippen molar-refractivity contribution in [3.63, 3.8) is 0 Å². The molecule has 3 heterocycles. The first-order valence-electron chi connectivity index (χ1n) is 7.59. The van der Waals surface area contributed by atoms with E-state index >= 15 is 0 Å². The van der Waals surface area contributed by atoms with E-state index in [2.05, 4.69) is 15.4 Å². The summed E-state index contributed by atoms with van der Waals surface area (Å²) in [5, 5.41) is 34.0. The molecule has 2 aromatic rings. The number of fused-ring (bicyclic) bond motifs is 1. The van der Waals surface area contributed by atoms with Gasteiger partial charge in [0, 0.05) is 23.9 Å². The summed E-state index contributed by atoms with van der Waals surface area (Å²) in [5.74, 6) is 0.824. The maximum absolute atomic E-state index is 10.3. The summed E-state index contributed by atoms with van der Waals surface area (Å²) < 4.78 is 7.09. The highest BCUT2D eigenvalue weighted by molar-refractivity contribution is 5.55. The van der Waals surface area contributed by atoms with E-state index in [4.69, 9.17) is 14.6 Å². The summed E-state index contributed by atoms with van der Waals surface area (Å²) in [7, 11) is 0. The Morgan fingerprint density at radius 3 is 2.88 bits per heavy atom. The smallest absolute Gasteiger partial charge is 0.290 e. The predicted octanol–water partition coefficient (Wildman–Crippen LogP) is -0.0305. The molecule has 3 atom stereocenters. The molecule has 132 valence electrons. The molecule has 0 bridgehead atoms. The molecule has 0 radical (unpaired) electrons. The molecule has 0 saturated carbocycles. The third-order valence-corrected chi connectivity index (χ3v) is 4.07. The van der Waals surface area contributed by atoms with E-state index in [1.807, 2.05) is 19.9 Å². The zero-order valence-electron chi connectivity index (χ0n) is 13.6. The zero-order chi connectivity index (χ0) is 17.7. The van der Waals surface area contributed by atoms with Crippen molar-refractivity contribution in [2.24, 2.45) is 0 Å². The molecule has 9 nitrogen and oxygen atoms in total. The number of rotatable bonds is 3. The average Bonchev–Trinajstić information content (AvgIpc) is 3.02. The Bertz CT molecular complexity index is 690. The van der Waals surface area contributed by atoms with Gasteiger partial charge in [-0.2, -0.15) is 9.61 Å². The van der Waals surface area contributed by atoms with E-state index in [1.165, 1.54) is 0 Å². The van der Waals surface area contributed by atoms with Crippen LogP contribution in [0.25, 0.3) is 5.65 Å². The largest absolute Gasteiger partial charge is 0.483 e. The van der Waals surface area contributed by atoms with Gasteiger partial charge in [-0.15, -0.1) is 0 Å². The molecule has 2 aromatic heterocycles. The molecule has 9 heteroatoms. The van der Waals surface area contributed by atoms with Crippen LogP contribution in [0.1, 0.15) is 17.7 Å². The minimum absolute atomic E-state index is 0.190. The fourth-order valence-electron chi connectivity index (χ4n) is 2.68. The molecule has 4 N–H and O–H groups in total. The summed E-state index contributed by atoms with van der Waals surface area (Å²) in [6, 6.07) is 1.65. The van der Waals surface area contributed by atoms with Crippen LogP contribution in [-0.4, -0.2) is 67.9 Å². The highest BCUT2D eigenvalue weighted by atomic mass is 16.5. The van der Waals surface area contributed by atoms with E-state index in [-0.39, 0.29) is 19.1 Å². The number of ether oxygens (including phenoxy) is 1. The maximum atomic E-state index is 10.3. The Morgan fingerprint density at radius 2 is 2.21 bits per heavy atom. The molecule has 3 rings (SSSR count). The number of carbonyl (C=O) groups is 1. The van der Waals surface area contributed by atoms with Gasteiger partial charge in [0.25, 0.3) is 6.47 Å². The Morgan fingerprint density at radius 1 is 1.50 bits per heavy atom. The van der Waals surface area contributed by atoms with Crippen LogP contribution in [0.5, 0.6) is 0 Å². The van der Waals surface area contributed by atoms with E-state index < -0.39 is 12.2 Å². The normalized spacial score (nSPS) is 23.4. The third-order valence-electron chi connectivity index (χ3n) is 4.07. The molecule has 0 aliphatic carbocycles. The van der Waals surface area contributed by atoms with Crippen molar-refractivity contribution in [2.75, 3.05) is 18.5 Å². The highest BCUT2D eigenvalue weighted by Crippen LogP contribution is 2.23. The summed E-state index contributed by atoms with van der Waals surface area (Å²) in [6.07, 6.45) is 1.06. The number of hydrogen-bond acceptors (Lipinski definition) is 7. The molecule has 1 saturated heterocycles. The number of aromatic nitrogens is 3. The van der Waals surface area contributed by atoms with Crippen molar-refractivity contribution in [1.82, 2.24) is 14.6 Å². The lowest BCUT2D eigenvalue weighted by atomic mass is 9.99. The number of nitrogens with zero attached hydrogens (tertiary/aromatic N) is 3. The molecule has 0 unspecified atom stereocenters. The average molecular weight is 338 g/mol. The summed E-state index contributed by atoms with van der Waals surface area (Å²) in [6.45, 7) is 3.99. The lowest BCUT2D eigenvalue weighted by Crippen LogP contribution is -2.50. The van der Waals surface area contributed by atoms with Crippen LogP contribution in [-0.2, 0) is 9.53 Å². The summed E-state index contributed by atoms with van der Waals surface area (Å²) in [4.78, 5) is 12.8. The first kappa shape index (κ1) is 18.1. The maximum Gasteiger partial charge on any atom is 0.290 e. The van der Waals surface area contributed by atoms with Crippen molar-refractivity contribution < 1.29 is 24.9 Å². The molecule has 1 aliphatic rings. The van der Waals surface area contributed by atoms with Gasteiger partial charge in [-0.25, -0.2) is 4.98 Å². The van der Waals surface area contributed by atoms with Crippen LogP contribution in [0.2, 0.25) is 0 Å². The molecule has 0 aromatic carbocycles. The van der Waals surface area contributed by atoms with E-state index in [9.17, 15) is 10.2 Å². The summed E-state index contributed by atoms with van der Waals surface area (Å²) >= 11 is 0. The van der Waals surface area contributed by atoms with Gasteiger partial charge in [-0.1, -0.05) is 0 Å². The van der Waals surface area contributed by atoms with Crippen LogP contribution in [0, 0.1) is 13.8 Å². The van der Waals surface area contributed by atoms with E-state index in [0.29, 0.717) is 13.0 Å². The Hall–Kier alpha value is -2.23. The van der Waals surface area contributed by atoms with Crippen molar-refractivity contribution in [3.05, 3.63) is 23.5 Å². The topological polar surface area (TPSA) is 129 Å². The molecule has 24 heavy (non-hydrogen) atoms. The highest BCUT2D eigenvalue weighted by Gasteiger charge is 2.33. The fourth-order valence-corrected chi connectivity index (χ4v) is 2.68. The molecular formula is C15H22N4O5. The first-order valence-corrected chi connectivity index (χ1v) is 7.59. The monoisotopic (exact) mass is 338 g/mol. The standard InChI is InChI=1S/C14H20N4O3.CH2O2/c1-8-9(2)16-12-3-5-15-18(12)14(8)17-10-4-6-21-11(7-19)13(10)20;2-1-3/h3,5,10-11,13,17,19-20H,4,6-7H2,1-2H3;1H,(H,2,3)/t10-,11+,13-;/m0./s1. The van der Waals surface area contributed by atoms with Gasteiger partial charge in [0.05, 0.1) is 18.8 Å². The Balaban J connectivity index is 0.000000647. The number of hydrogen-bond donors (Lipinski definition) is 4. The van der Waals surface area contributed by atoms with E-state index in [0.717, 1.165) is 22.7 Å². The minimum atomic E-state index is -0.762. The van der Waals surface area contributed by atoms with Gasteiger partial charge in [0.1, 0.15) is 18.0 Å². The quantitative estimate of drug-likeness (QED) is 0.574. The van der Waals surface area contributed by atoms with Crippen molar-refractivity contribution in [1.29, 1.82) is 0 Å². The van der Waals surface area contributed by atoms with Crippen molar-refractivity contribution in [2.45, 2.75) is 38.5 Å². The number of aliphatic hydroxyl groups is 2. The van der Waals surface area contributed by atoms with Gasteiger partial charge < -0.3 is 25.4 Å². The molecular weight excluding hydrogens is 316 g/mol. The van der Waals surface area contributed by atoms with Crippen molar-refractivity contribution >= 4 is 17.9 Å². The number of nitrogens with one attached hydrogen (secondary N) is 1. The number of carboxylic acid groups (broad SMARTS) is 1. The fraction of sp³-hybridized carbons (Fsp3) is 0.533. The van der Waals surface area contributed by atoms with Gasteiger partial charge in [0.2, 0.25) is 0 Å².